The average Bonchev–Trinajstić information content (AvgIpc) is 2.33. The third kappa shape index (κ3) is 1.98. The Morgan fingerprint density at radius 3 is 2.91 bits per heavy atom. The van der Waals surface area contributed by atoms with Gasteiger partial charge in [-0.05, 0) is 0 Å². The van der Waals surface area contributed by atoms with Crippen molar-refractivity contribution in [1.82, 2.24) is 0 Å². The molecule has 52 valence electrons. The Bertz CT molecular complexity index is 260. The van der Waals surface area contributed by atoms with Crippen molar-refractivity contribution >= 4 is 0 Å². The van der Waals surface area contributed by atoms with Crippen LogP contribution in [0.3, 0.4) is 0 Å². The van der Waals surface area contributed by atoms with Crippen LogP contribution in [0.5, 0.6) is 11.5 Å². The molecule has 1 heterocycles. The predicted molar refractivity (Wildman–Crippen MR) is 36.1 cm³/mol. The van der Waals surface area contributed by atoms with Crippen molar-refractivity contribution in [3.05, 3.63) is 23.8 Å². The van der Waals surface area contributed by atoms with Gasteiger partial charge in [0.05, 0.1) is 11.5 Å². The van der Waals surface area contributed by atoms with E-state index in [-0.39, 0.29) is 51.4 Å². The molecule has 1 aliphatic rings. The molecule has 11 heavy (non-hydrogen) atoms. The fourth-order valence-electron chi connectivity index (χ4n) is 0.942. The van der Waals surface area contributed by atoms with Crippen molar-refractivity contribution in [3.63, 3.8) is 0 Å². The van der Waals surface area contributed by atoms with Gasteiger partial charge in [0.25, 0.3) is 0 Å². The second kappa shape index (κ2) is 3.91. The van der Waals surface area contributed by atoms with E-state index in [1.165, 1.54) is 0 Å². The number of hydrogen-bond acceptors (Lipinski definition) is 2. The molecule has 1 aliphatic heterocycles. The van der Waals surface area contributed by atoms with E-state index in [1.54, 1.807) is 6.07 Å². The first-order valence-corrected chi connectivity index (χ1v) is 3.14. The van der Waals surface area contributed by atoms with Gasteiger partial charge in [0.1, 0.15) is 0 Å². The Kier molecular flexibility index (Phi) is 3.40. The molecule has 0 saturated heterocycles. The molecule has 1 aromatic carbocycles. The second-order valence-electron chi connectivity index (χ2n) is 2.25. The summed E-state index contributed by atoms with van der Waals surface area (Å²) in [6.07, 6.45) is 0. The van der Waals surface area contributed by atoms with Gasteiger partial charge < -0.3 is 9.47 Å². The largest absolute Gasteiger partial charge is 1.00 e. The minimum Gasteiger partial charge on any atom is -0.516 e. The molecule has 0 spiro atoms. The quantitative estimate of drug-likeness (QED) is 0.353. The molecule has 0 aliphatic carbocycles. The smallest absolute Gasteiger partial charge is 0.516 e. The van der Waals surface area contributed by atoms with E-state index in [0.29, 0.717) is 6.79 Å². The van der Waals surface area contributed by atoms with E-state index in [2.05, 4.69) is 6.07 Å². The topological polar surface area (TPSA) is 18.5 Å². The van der Waals surface area contributed by atoms with Gasteiger partial charge in [-0.2, -0.15) is 11.6 Å². The normalized spacial score (nSPS) is 12.5. The summed E-state index contributed by atoms with van der Waals surface area (Å²) in [7, 11) is 0. The van der Waals surface area contributed by atoms with E-state index in [0.717, 1.165) is 17.1 Å². The van der Waals surface area contributed by atoms with E-state index in [1.807, 2.05) is 13.0 Å². The van der Waals surface area contributed by atoms with Crippen LogP contribution >= 0.6 is 0 Å². The first-order valence-electron chi connectivity index (χ1n) is 3.14. The molecule has 0 radical (unpaired) electrons. The third-order valence-corrected chi connectivity index (χ3v) is 1.45. The molecular weight excluding hydrogens is 167 g/mol. The molecular formula is C8H7KO2. The monoisotopic (exact) mass is 174 g/mol. The van der Waals surface area contributed by atoms with E-state index >= 15 is 0 Å². The standard InChI is InChI=1S/C8H7O2.K/c1-6-2-3-7-8(4-6)10-5-9-7;/h3-4H,5H2,1H3;/q-1;+1. The Morgan fingerprint density at radius 2 is 2.09 bits per heavy atom. The third-order valence-electron chi connectivity index (χ3n) is 1.45. The molecule has 0 saturated carbocycles. The zero-order valence-electron chi connectivity index (χ0n) is 6.68. The summed E-state index contributed by atoms with van der Waals surface area (Å²) in [6, 6.07) is 6.75. The maximum atomic E-state index is 5.14. The van der Waals surface area contributed by atoms with Gasteiger partial charge in [-0.3, -0.25) is 0 Å². The zero-order valence-corrected chi connectivity index (χ0v) is 9.80. The summed E-state index contributed by atoms with van der Waals surface area (Å²) in [5, 5.41) is 0. The molecule has 0 aromatic heterocycles. The van der Waals surface area contributed by atoms with Crippen LogP contribution in [-0.4, -0.2) is 6.79 Å². The number of aryl methyl sites for hydroxylation is 1. The van der Waals surface area contributed by atoms with Crippen LogP contribution in [0.4, 0.5) is 0 Å². The van der Waals surface area contributed by atoms with Crippen LogP contribution in [0.2, 0.25) is 0 Å². The SMILES string of the molecule is Cc1[c-]cc2c(c1)OCO2.[K+]. The molecule has 0 atom stereocenters. The van der Waals surface area contributed by atoms with Crippen molar-refractivity contribution < 1.29 is 60.9 Å². The van der Waals surface area contributed by atoms with Crippen molar-refractivity contribution in [1.29, 1.82) is 0 Å². The predicted octanol–water partition coefficient (Wildman–Crippen LogP) is -1.47. The number of benzene rings is 1. The number of rotatable bonds is 0. The van der Waals surface area contributed by atoms with Gasteiger partial charge in [-0.15, -0.1) is 12.1 Å². The Hall–Kier alpha value is 0.456. The number of ether oxygens (including phenoxy) is 2. The summed E-state index contributed by atoms with van der Waals surface area (Å²) in [5.74, 6) is 1.63. The van der Waals surface area contributed by atoms with Crippen LogP contribution in [0, 0.1) is 13.0 Å². The summed E-state index contributed by atoms with van der Waals surface area (Å²) in [4.78, 5) is 0. The molecule has 3 heteroatoms. The second-order valence-corrected chi connectivity index (χ2v) is 2.25. The number of hydrogen-bond donors (Lipinski definition) is 0. The fraction of sp³-hybridized carbons (Fsp3) is 0.250. The van der Waals surface area contributed by atoms with Gasteiger partial charge in [0, 0.05) is 0 Å². The summed E-state index contributed by atoms with van der Waals surface area (Å²) < 4.78 is 10.2. The Morgan fingerprint density at radius 1 is 1.36 bits per heavy atom. The zero-order chi connectivity index (χ0) is 6.97. The van der Waals surface area contributed by atoms with Crippen molar-refractivity contribution in [3.8, 4) is 11.5 Å². The molecule has 2 nitrogen and oxygen atoms in total. The van der Waals surface area contributed by atoms with E-state index in [9.17, 15) is 0 Å². The molecule has 0 N–H and O–H groups in total. The number of fused-ring (bicyclic) bond motifs is 1. The maximum absolute atomic E-state index is 5.14. The van der Waals surface area contributed by atoms with Crippen molar-refractivity contribution in [2.24, 2.45) is 0 Å². The molecule has 0 fully saturated rings. The molecule has 2 rings (SSSR count). The van der Waals surface area contributed by atoms with Crippen LogP contribution in [0.15, 0.2) is 12.1 Å². The maximum Gasteiger partial charge on any atom is 1.00 e. The average molecular weight is 174 g/mol. The Balaban J connectivity index is 0.000000605. The van der Waals surface area contributed by atoms with Gasteiger partial charge >= 0.3 is 51.4 Å². The van der Waals surface area contributed by atoms with Crippen molar-refractivity contribution in [2.75, 3.05) is 6.79 Å². The summed E-state index contributed by atoms with van der Waals surface area (Å²) in [5.41, 5.74) is 1.07. The first kappa shape index (κ1) is 9.54. The summed E-state index contributed by atoms with van der Waals surface area (Å²) in [6.45, 7) is 2.31. The van der Waals surface area contributed by atoms with Gasteiger partial charge in [-0.25, -0.2) is 0 Å². The molecule has 0 unspecified atom stereocenters. The fourth-order valence-corrected chi connectivity index (χ4v) is 0.942. The van der Waals surface area contributed by atoms with Crippen LogP contribution in [-0.2, 0) is 0 Å². The van der Waals surface area contributed by atoms with E-state index < -0.39 is 0 Å². The van der Waals surface area contributed by atoms with Gasteiger partial charge in [0.2, 0.25) is 6.79 Å². The van der Waals surface area contributed by atoms with Gasteiger partial charge in [-0.1, -0.05) is 6.92 Å². The molecule has 0 bridgehead atoms. The van der Waals surface area contributed by atoms with Crippen LogP contribution in [0.1, 0.15) is 5.56 Å². The summed E-state index contributed by atoms with van der Waals surface area (Å²) >= 11 is 0. The molecule has 0 amide bonds. The first-order chi connectivity index (χ1) is 4.86. The van der Waals surface area contributed by atoms with Crippen LogP contribution < -0.4 is 60.9 Å². The Labute approximate surface area is 108 Å². The van der Waals surface area contributed by atoms with E-state index in [4.69, 9.17) is 9.47 Å². The van der Waals surface area contributed by atoms with Crippen molar-refractivity contribution in [2.45, 2.75) is 6.92 Å². The minimum absolute atomic E-state index is 0. The van der Waals surface area contributed by atoms with Gasteiger partial charge in [0.15, 0.2) is 0 Å². The molecule has 1 aromatic rings. The van der Waals surface area contributed by atoms with Crippen LogP contribution in [0.25, 0.3) is 0 Å². The minimum atomic E-state index is 0.